The van der Waals surface area contributed by atoms with Gasteiger partial charge in [0.05, 0.1) is 19.3 Å². The lowest BCUT2D eigenvalue weighted by Gasteiger charge is -2.19. The van der Waals surface area contributed by atoms with Crippen LogP contribution in [-0.4, -0.2) is 24.3 Å². The summed E-state index contributed by atoms with van der Waals surface area (Å²) >= 11 is 0. The van der Waals surface area contributed by atoms with Crippen LogP contribution in [0, 0.1) is 0 Å². The quantitative estimate of drug-likeness (QED) is 0.865. The highest BCUT2D eigenvalue weighted by molar-refractivity contribution is 5.92. The number of esters is 1. The summed E-state index contributed by atoms with van der Waals surface area (Å²) in [5.74, 6) is -0.319. The lowest BCUT2D eigenvalue weighted by atomic mass is 10.1. The summed E-state index contributed by atoms with van der Waals surface area (Å²) in [7, 11) is 0. The molecule has 0 bridgehead atoms. The smallest absolute Gasteiger partial charge is 0.412 e. The number of furan rings is 1. The van der Waals surface area contributed by atoms with Crippen LogP contribution in [0.25, 0.3) is 11.0 Å². The fraction of sp³-hybridized carbons (Fsp3) is 0.412. The van der Waals surface area contributed by atoms with E-state index in [0.717, 1.165) is 5.39 Å². The molecule has 0 fully saturated rings. The Morgan fingerprint density at radius 1 is 1.26 bits per heavy atom. The Bertz CT molecular complexity index is 711. The molecule has 2 aromatic rings. The lowest BCUT2D eigenvalue weighted by Crippen LogP contribution is -2.27. The standard InChI is InChI=1S/C17H21NO5/c1-5-21-15(19)8-11-10-22-14-7-6-12(9-13(11)14)18-16(20)23-17(2,3)4/h6-7,9-10H,5,8H2,1-4H3,(H,18,20). The van der Waals surface area contributed by atoms with Crippen molar-refractivity contribution in [2.75, 3.05) is 11.9 Å². The van der Waals surface area contributed by atoms with Gasteiger partial charge in [0.1, 0.15) is 11.2 Å². The molecule has 0 aliphatic carbocycles. The van der Waals surface area contributed by atoms with Gasteiger partial charge in [-0.05, 0) is 45.9 Å². The third kappa shape index (κ3) is 4.74. The fourth-order valence-corrected chi connectivity index (χ4v) is 2.09. The van der Waals surface area contributed by atoms with E-state index < -0.39 is 11.7 Å². The van der Waals surface area contributed by atoms with E-state index >= 15 is 0 Å². The molecular formula is C17H21NO5. The number of amides is 1. The summed E-state index contributed by atoms with van der Waals surface area (Å²) in [6, 6.07) is 5.19. The number of nitrogens with one attached hydrogen (secondary N) is 1. The van der Waals surface area contributed by atoms with E-state index in [-0.39, 0.29) is 12.4 Å². The number of hydrogen-bond acceptors (Lipinski definition) is 5. The molecule has 0 saturated heterocycles. The molecule has 0 aliphatic rings. The summed E-state index contributed by atoms with van der Waals surface area (Å²) in [6.07, 6.45) is 1.11. The van der Waals surface area contributed by atoms with Crippen LogP contribution in [0.4, 0.5) is 10.5 Å². The van der Waals surface area contributed by atoms with Crippen molar-refractivity contribution in [1.29, 1.82) is 0 Å². The van der Waals surface area contributed by atoms with Gasteiger partial charge >= 0.3 is 12.1 Å². The van der Waals surface area contributed by atoms with Crippen LogP contribution in [-0.2, 0) is 20.7 Å². The molecular weight excluding hydrogens is 298 g/mol. The van der Waals surface area contributed by atoms with Crippen molar-refractivity contribution in [2.24, 2.45) is 0 Å². The maximum atomic E-state index is 11.8. The van der Waals surface area contributed by atoms with E-state index in [4.69, 9.17) is 13.9 Å². The van der Waals surface area contributed by atoms with Crippen molar-refractivity contribution in [2.45, 2.75) is 39.7 Å². The lowest BCUT2D eigenvalue weighted by molar-refractivity contribution is -0.142. The fourth-order valence-electron chi connectivity index (χ4n) is 2.09. The topological polar surface area (TPSA) is 77.8 Å². The molecule has 0 aliphatic heterocycles. The number of fused-ring (bicyclic) bond motifs is 1. The highest BCUT2D eigenvalue weighted by Crippen LogP contribution is 2.25. The Morgan fingerprint density at radius 2 is 2.00 bits per heavy atom. The van der Waals surface area contributed by atoms with Crippen molar-refractivity contribution in [3.05, 3.63) is 30.0 Å². The van der Waals surface area contributed by atoms with Gasteiger partial charge in [-0.3, -0.25) is 10.1 Å². The highest BCUT2D eigenvalue weighted by atomic mass is 16.6. The molecule has 0 spiro atoms. The van der Waals surface area contributed by atoms with Crippen molar-refractivity contribution in [3.8, 4) is 0 Å². The van der Waals surface area contributed by atoms with Crippen molar-refractivity contribution in [1.82, 2.24) is 0 Å². The summed E-state index contributed by atoms with van der Waals surface area (Å²) in [6.45, 7) is 7.48. The number of benzene rings is 1. The minimum absolute atomic E-state index is 0.122. The van der Waals surface area contributed by atoms with Crippen LogP contribution < -0.4 is 5.32 Å². The monoisotopic (exact) mass is 319 g/mol. The van der Waals surface area contributed by atoms with Gasteiger partial charge in [-0.2, -0.15) is 0 Å². The molecule has 6 heteroatoms. The van der Waals surface area contributed by atoms with Gasteiger partial charge in [0.15, 0.2) is 0 Å². The molecule has 1 heterocycles. The molecule has 0 saturated carbocycles. The van der Waals surface area contributed by atoms with E-state index in [1.165, 1.54) is 6.26 Å². The van der Waals surface area contributed by atoms with Gasteiger partial charge in [-0.1, -0.05) is 0 Å². The Balaban J connectivity index is 2.17. The number of ether oxygens (including phenoxy) is 2. The predicted molar refractivity (Wildman–Crippen MR) is 86.4 cm³/mol. The maximum Gasteiger partial charge on any atom is 0.412 e. The molecule has 1 N–H and O–H groups in total. The SMILES string of the molecule is CCOC(=O)Cc1coc2ccc(NC(=O)OC(C)(C)C)cc12. The number of hydrogen-bond donors (Lipinski definition) is 1. The molecule has 0 radical (unpaired) electrons. The third-order valence-electron chi connectivity index (χ3n) is 2.94. The zero-order valence-corrected chi connectivity index (χ0v) is 13.8. The molecule has 1 amide bonds. The van der Waals surface area contributed by atoms with Crippen LogP contribution in [0.2, 0.25) is 0 Å². The average molecular weight is 319 g/mol. The molecule has 6 nitrogen and oxygen atoms in total. The van der Waals surface area contributed by atoms with E-state index in [2.05, 4.69) is 5.32 Å². The first-order valence-electron chi connectivity index (χ1n) is 7.44. The zero-order chi connectivity index (χ0) is 17.0. The minimum atomic E-state index is -0.571. The van der Waals surface area contributed by atoms with Crippen molar-refractivity contribution < 1.29 is 23.5 Å². The van der Waals surface area contributed by atoms with Crippen LogP contribution in [0.3, 0.4) is 0 Å². The zero-order valence-electron chi connectivity index (χ0n) is 13.8. The summed E-state index contributed by atoms with van der Waals surface area (Å²) < 4.78 is 15.6. The van der Waals surface area contributed by atoms with Crippen molar-refractivity contribution in [3.63, 3.8) is 0 Å². The van der Waals surface area contributed by atoms with Crippen molar-refractivity contribution >= 4 is 28.7 Å². The Hall–Kier alpha value is -2.50. The number of carbonyl (C=O) groups excluding carboxylic acids is 2. The number of anilines is 1. The molecule has 124 valence electrons. The molecule has 1 aromatic carbocycles. The second-order valence-corrected chi connectivity index (χ2v) is 6.08. The van der Waals surface area contributed by atoms with Gasteiger partial charge in [0, 0.05) is 16.6 Å². The molecule has 1 aromatic heterocycles. The van der Waals surface area contributed by atoms with E-state index in [9.17, 15) is 9.59 Å². The molecule has 2 rings (SSSR count). The third-order valence-corrected chi connectivity index (χ3v) is 2.94. The van der Waals surface area contributed by atoms with E-state index in [0.29, 0.717) is 23.4 Å². The van der Waals surface area contributed by atoms with Gasteiger partial charge in [0.2, 0.25) is 0 Å². The van der Waals surface area contributed by atoms with Crippen LogP contribution in [0.5, 0.6) is 0 Å². The predicted octanol–water partition coefficient (Wildman–Crippen LogP) is 3.89. The Kier molecular flexibility index (Phi) is 4.93. The molecule has 0 atom stereocenters. The van der Waals surface area contributed by atoms with Crippen LogP contribution in [0.15, 0.2) is 28.9 Å². The van der Waals surface area contributed by atoms with Gasteiger partial charge in [0.25, 0.3) is 0 Å². The van der Waals surface area contributed by atoms with Gasteiger partial charge in [-0.25, -0.2) is 4.79 Å². The second-order valence-electron chi connectivity index (χ2n) is 6.08. The summed E-state index contributed by atoms with van der Waals surface area (Å²) in [5.41, 5.74) is 1.35. The highest BCUT2D eigenvalue weighted by Gasteiger charge is 2.17. The van der Waals surface area contributed by atoms with Gasteiger partial charge in [-0.15, -0.1) is 0 Å². The van der Waals surface area contributed by atoms with Crippen LogP contribution >= 0.6 is 0 Å². The first-order chi connectivity index (χ1) is 10.8. The maximum absolute atomic E-state index is 11.8. The van der Waals surface area contributed by atoms with E-state index in [1.807, 2.05) is 0 Å². The van der Waals surface area contributed by atoms with E-state index in [1.54, 1.807) is 45.9 Å². The summed E-state index contributed by atoms with van der Waals surface area (Å²) in [5, 5.41) is 3.42. The molecule has 0 unspecified atom stereocenters. The van der Waals surface area contributed by atoms with Gasteiger partial charge < -0.3 is 13.9 Å². The minimum Gasteiger partial charge on any atom is -0.466 e. The first-order valence-corrected chi connectivity index (χ1v) is 7.44. The number of rotatable bonds is 4. The Labute approximate surface area is 134 Å². The Morgan fingerprint density at radius 3 is 2.65 bits per heavy atom. The van der Waals surface area contributed by atoms with Crippen LogP contribution in [0.1, 0.15) is 33.3 Å². The average Bonchev–Trinajstić information content (AvgIpc) is 2.79. The summed E-state index contributed by atoms with van der Waals surface area (Å²) in [4.78, 5) is 23.4. The molecule has 23 heavy (non-hydrogen) atoms. The second kappa shape index (κ2) is 6.73. The largest absolute Gasteiger partial charge is 0.466 e. The normalized spacial score (nSPS) is 11.3. The number of carbonyl (C=O) groups is 2. The first kappa shape index (κ1) is 16.9.